The summed E-state index contributed by atoms with van der Waals surface area (Å²) >= 11 is 4.05. The molecule has 8 atom stereocenters. The first-order valence-corrected chi connectivity index (χ1v) is 9.14. The van der Waals surface area contributed by atoms with Gasteiger partial charge in [-0.1, -0.05) is 15.9 Å². The SMILES string of the molecule is CC(=O)[C@@]12[C@@H]3[C@@H]4[C@@H]1[C@@H]1[C@@H]([C@@H]3[C@]4(Br)C13OCCO3)C21OCCO1. The zero-order valence-corrected chi connectivity index (χ0v) is 13.8. The zero-order chi connectivity index (χ0) is 14.7. The van der Waals surface area contributed by atoms with E-state index in [0.717, 1.165) is 0 Å². The highest BCUT2D eigenvalue weighted by Crippen LogP contribution is 3.01. The van der Waals surface area contributed by atoms with Crippen molar-refractivity contribution in [3.05, 3.63) is 0 Å². The molecule has 6 aliphatic carbocycles. The van der Waals surface area contributed by atoms with Crippen molar-refractivity contribution < 1.29 is 23.7 Å². The van der Waals surface area contributed by atoms with E-state index >= 15 is 0 Å². The van der Waals surface area contributed by atoms with Crippen molar-refractivity contribution in [1.82, 2.24) is 0 Å². The highest BCUT2D eigenvalue weighted by atomic mass is 79.9. The Bertz CT molecular complexity index is 653. The highest BCUT2D eigenvalue weighted by Gasteiger charge is 3.09. The lowest BCUT2D eigenvalue weighted by molar-refractivity contribution is -0.282. The Morgan fingerprint density at radius 3 is 1.86 bits per heavy atom. The molecule has 2 spiro atoms. The number of carbonyl (C=O) groups excluding carboxylic acids is 1. The fourth-order valence-corrected chi connectivity index (χ4v) is 10.2. The van der Waals surface area contributed by atoms with Gasteiger partial charge in [-0.25, -0.2) is 0 Å². The molecule has 0 unspecified atom stereocenters. The number of halogens is 1. The van der Waals surface area contributed by atoms with E-state index in [-0.39, 0.29) is 21.9 Å². The van der Waals surface area contributed by atoms with Gasteiger partial charge >= 0.3 is 0 Å². The molecule has 2 aliphatic heterocycles. The van der Waals surface area contributed by atoms with Gasteiger partial charge in [-0.2, -0.15) is 0 Å². The number of hydrogen-bond acceptors (Lipinski definition) is 5. The summed E-state index contributed by atoms with van der Waals surface area (Å²) in [7, 11) is 0. The maximum Gasteiger partial charge on any atom is 0.188 e. The number of rotatable bonds is 1. The summed E-state index contributed by atoms with van der Waals surface area (Å²) in [6.45, 7) is 4.23. The minimum atomic E-state index is -0.700. The van der Waals surface area contributed by atoms with Gasteiger partial charge in [-0.3, -0.25) is 4.79 Å². The monoisotopic (exact) mass is 368 g/mol. The number of carbonyl (C=O) groups is 1. The normalized spacial score (nSPS) is 65.5. The third-order valence-electron chi connectivity index (χ3n) is 8.35. The Balaban J connectivity index is 1.54. The summed E-state index contributed by atoms with van der Waals surface area (Å²) in [6.07, 6.45) is 0. The van der Waals surface area contributed by atoms with Crippen molar-refractivity contribution in [2.75, 3.05) is 26.4 Å². The minimum Gasteiger partial charge on any atom is -0.346 e. The predicted octanol–water partition coefficient (Wildman–Crippen LogP) is 0.947. The van der Waals surface area contributed by atoms with Gasteiger partial charge in [-0.05, 0) is 30.6 Å². The summed E-state index contributed by atoms with van der Waals surface area (Å²) < 4.78 is 24.8. The molecule has 8 rings (SSSR count). The van der Waals surface area contributed by atoms with E-state index in [4.69, 9.17) is 18.9 Å². The van der Waals surface area contributed by atoms with E-state index in [1.807, 2.05) is 0 Å². The van der Waals surface area contributed by atoms with Crippen molar-refractivity contribution in [2.24, 2.45) is 40.9 Å². The fourth-order valence-electron chi connectivity index (χ4n) is 8.55. The number of hydrogen-bond donors (Lipinski definition) is 0. The average molecular weight is 369 g/mol. The molecule has 6 saturated carbocycles. The van der Waals surface area contributed by atoms with Crippen molar-refractivity contribution in [3.63, 3.8) is 0 Å². The third kappa shape index (κ3) is 0.693. The first kappa shape index (κ1) is 12.4. The van der Waals surface area contributed by atoms with Crippen LogP contribution in [-0.4, -0.2) is 48.1 Å². The van der Waals surface area contributed by atoms with Crippen LogP contribution in [0.1, 0.15) is 6.92 Å². The summed E-state index contributed by atoms with van der Waals surface area (Å²) in [4.78, 5) is 12.8. The molecule has 4 bridgehead atoms. The Morgan fingerprint density at radius 1 is 0.818 bits per heavy atom. The summed E-state index contributed by atoms with van der Waals surface area (Å²) in [5.41, 5.74) is -0.440. The van der Waals surface area contributed by atoms with Crippen LogP contribution in [0.25, 0.3) is 0 Å². The summed E-state index contributed by atoms with van der Waals surface area (Å²) in [5.74, 6) is 1.01. The van der Waals surface area contributed by atoms with Crippen LogP contribution in [0, 0.1) is 40.9 Å². The van der Waals surface area contributed by atoms with E-state index in [1.165, 1.54) is 0 Å². The van der Waals surface area contributed by atoms with Gasteiger partial charge in [0.2, 0.25) is 0 Å². The lowest BCUT2D eigenvalue weighted by Crippen LogP contribution is -2.77. The molecule has 0 amide bonds. The lowest BCUT2D eigenvalue weighted by Gasteiger charge is -2.70. The van der Waals surface area contributed by atoms with Crippen LogP contribution in [0.5, 0.6) is 0 Å². The Hall–Kier alpha value is -0.0100. The van der Waals surface area contributed by atoms with Crippen molar-refractivity contribution in [3.8, 4) is 0 Å². The second-order valence-electron chi connectivity index (χ2n) is 8.08. The summed E-state index contributed by atoms with van der Waals surface area (Å²) in [6, 6.07) is 0. The van der Waals surface area contributed by atoms with Crippen LogP contribution in [-0.2, 0) is 23.7 Å². The third-order valence-corrected chi connectivity index (χ3v) is 9.96. The van der Waals surface area contributed by atoms with Crippen LogP contribution in [0.2, 0.25) is 0 Å². The molecule has 0 aromatic rings. The molecule has 0 radical (unpaired) electrons. The number of ketones is 1. The number of alkyl halides is 1. The van der Waals surface area contributed by atoms with Gasteiger partial charge in [-0.15, -0.1) is 0 Å². The topological polar surface area (TPSA) is 54.0 Å². The maximum absolute atomic E-state index is 12.8. The summed E-state index contributed by atoms with van der Waals surface area (Å²) in [5, 5.41) is 0. The predicted molar refractivity (Wildman–Crippen MR) is 75.0 cm³/mol. The fraction of sp³-hybridized carbons (Fsp3) is 0.938. The van der Waals surface area contributed by atoms with Gasteiger partial charge in [0, 0.05) is 11.8 Å². The van der Waals surface area contributed by atoms with Gasteiger partial charge in [0.25, 0.3) is 0 Å². The lowest BCUT2D eigenvalue weighted by atomic mass is 9.34. The van der Waals surface area contributed by atoms with E-state index < -0.39 is 17.0 Å². The molecule has 2 saturated heterocycles. The highest BCUT2D eigenvalue weighted by molar-refractivity contribution is 9.10. The molecular formula is C16H17BrO5. The molecule has 5 nitrogen and oxygen atoms in total. The Kier molecular flexibility index (Phi) is 1.68. The maximum atomic E-state index is 12.8. The van der Waals surface area contributed by atoms with Gasteiger partial charge in [0.1, 0.15) is 5.78 Å². The van der Waals surface area contributed by atoms with E-state index in [2.05, 4.69) is 15.9 Å². The first-order valence-electron chi connectivity index (χ1n) is 8.35. The van der Waals surface area contributed by atoms with Gasteiger partial charge in [0.15, 0.2) is 11.6 Å². The minimum absolute atomic E-state index is 0.126. The van der Waals surface area contributed by atoms with Crippen LogP contribution < -0.4 is 0 Å². The van der Waals surface area contributed by atoms with E-state index in [0.29, 0.717) is 50.1 Å². The van der Waals surface area contributed by atoms with Crippen molar-refractivity contribution in [2.45, 2.75) is 22.8 Å². The smallest absolute Gasteiger partial charge is 0.188 e. The standard InChI is InChI=1S/C16H17BrO5/c1-6(18)13-7-9-8(13)11-12(15(13)19-2-3-20-15)10(7)14(9,17)16(11)21-4-5-22-16/h7-12H,2-5H2,1H3/t7-,8-,9-,10-,11-,12-,13-,14+/m1/s1. The molecule has 0 N–H and O–H groups in total. The quantitative estimate of drug-likeness (QED) is 0.645. The zero-order valence-electron chi connectivity index (χ0n) is 12.2. The van der Waals surface area contributed by atoms with Crippen LogP contribution >= 0.6 is 15.9 Å². The van der Waals surface area contributed by atoms with E-state index in [9.17, 15) is 4.79 Å². The van der Waals surface area contributed by atoms with Crippen LogP contribution in [0.3, 0.4) is 0 Å². The van der Waals surface area contributed by atoms with Crippen LogP contribution in [0.4, 0.5) is 0 Å². The molecule has 8 aliphatic rings. The number of ether oxygens (including phenoxy) is 4. The van der Waals surface area contributed by atoms with Crippen LogP contribution in [0.15, 0.2) is 0 Å². The Morgan fingerprint density at radius 2 is 1.27 bits per heavy atom. The number of Topliss-reactive ketones (excluding diaryl/α,β-unsaturated/α-hetero) is 1. The second kappa shape index (κ2) is 2.99. The molecular weight excluding hydrogens is 352 g/mol. The van der Waals surface area contributed by atoms with Gasteiger partial charge < -0.3 is 18.9 Å². The first-order chi connectivity index (χ1) is 10.6. The molecule has 0 aromatic heterocycles. The molecule has 0 aromatic carbocycles. The van der Waals surface area contributed by atoms with Crippen molar-refractivity contribution in [1.29, 1.82) is 0 Å². The molecule has 118 valence electrons. The molecule has 22 heavy (non-hydrogen) atoms. The average Bonchev–Trinajstić information content (AvgIpc) is 3.23. The van der Waals surface area contributed by atoms with Crippen molar-refractivity contribution >= 4 is 21.7 Å². The van der Waals surface area contributed by atoms with Gasteiger partial charge in [0.05, 0.1) is 36.2 Å². The van der Waals surface area contributed by atoms with E-state index in [1.54, 1.807) is 6.92 Å². The second-order valence-corrected chi connectivity index (χ2v) is 9.39. The Labute approximate surface area is 136 Å². The largest absolute Gasteiger partial charge is 0.346 e. The molecule has 8 fully saturated rings. The molecule has 6 heteroatoms. The molecule has 2 heterocycles.